The summed E-state index contributed by atoms with van der Waals surface area (Å²) in [6.07, 6.45) is 3.85. The SMILES string of the molecule is CCC(C)N1CCOc2c(F)cc(-c3nc(Cc4ccc(N)cn4)ncc3F)cc21. The molecule has 2 N–H and O–H groups in total. The average molecular weight is 411 g/mol. The molecule has 1 aromatic carbocycles. The largest absolute Gasteiger partial charge is 0.486 e. The van der Waals surface area contributed by atoms with Crippen LogP contribution in [0.15, 0.2) is 36.7 Å². The molecule has 0 saturated carbocycles. The van der Waals surface area contributed by atoms with Crippen molar-refractivity contribution >= 4 is 11.4 Å². The Labute approximate surface area is 173 Å². The fourth-order valence-corrected chi connectivity index (χ4v) is 3.51. The number of halogens is 2. The Morgan fingerprint density at radius 3 is 2.73 bits per heavy atom. The van der Waals surface area contributed by atoms with Crippen LogP contribution in [0.2, 0.25) is 0 Å². The van der Waals surface area contributed by atoms with Crippen LogP contribution in [-0.4, -0.2) is 34.1 Å². The second kappa shape index (κ2) is 8.22. The summed E-state index contributed by atoms with van der Waals surface area (Å²) in [5.41, 5.74) is 7.92. The molecule has 30 heavy (non-hydrogen) atoms. The molecule has 3 aromatic rings. The lowest BCUT2D eigenvalue weighted by atomic mass is 10.1. The van der Waals surface area contributed by atoms with Gasteiger partial charge in [0, 0.05) is 17.3 Å². The van der Waals surface area contributed by atoms with Crippen LogP contribution in [0.3, 0.4) is 0 Å². The number of nitrogens with zero attached hydrogens (tertiary/aromatic N) is 4. The molecule has 0 aliphatic carbocycles. The van der Waals surface area contributed by atoms with Crippen molar-refractivity contribution in [3.8, 4) is 17.0 Å². The molecule has 156 valence electrons. The molecular weight excluding hydrogens is 388 g/mol. The molecule has 0 saturated heterocycles. The zero-order chi connectivity index (χ0) is 21.3. The molecule has 2 aromatic heterocycles. The number of anilines is 2. The Kier molecular flexibility index (Phi) is 5.48. The predicted octanol–water partition coefficient (Wildman–Crippen LogP) is 3.99. The summed E-state index contributed by atoms with van der Waals surface area (Å²) in [7, 11) is 0. The first kappa shape index (κ1) is 20.0. The summed E-state index contributed by atoms with van der Waals surface area (Å²) in [4.78, 5) is 14.7. The van der Waals surface area contributed by atoms with E-state index in [2.05, 4.69) is 33.7 Å². The lowest BCUT2D eigenvalue weighted by Gasteiger charge is -2.36. The van der Waals surface area contributed by atoms with Crippen LogP contribution in [0, 0.1) is 11.6 Å². The van der Waals surface area contributed by atoms with E-state index in [9.17, 15) is 8.78 Å². The van der Waals surface area contributed by atoms with Gasteiger partial charge in [-0.2, -0.15) is 0 Å². The third kappa shape index (κ3) is 3.90. The Hall–Kier alpha value is -3.29. The molecule has 1 atom stereocenters. The van der Waals surface area contributed by atoms with E-state index in [1.807, 2.05) is 0 Å². The molecule has 6 nitrogen and oxygen atoms in total. The minimum Gasteiger partial charge on any atom is -0.486 e. The minimum atomic E-state index is -0.616. The number of fused-ring (bicyclic) bond motifs is 1. The monoisotopic (exact) mass is 411 g/mol. The number of nitrogens with two attached hydrogens (primary N) is 1. The lowest BCUT2D eigenvalue weighted by Crippen LogP contribution is -2.39. The molecular formula is C22H23F2N5O. The number of rotatable bonds is 5. The Bertz CT molecular complexity index is 1060. The van der Waals surface area contributed by atoms with Gasteiger partial charge in [0.25, 0.3) is 0 Å². The molecule has 1 aliphatic rings. The molecule has 4 rings (SSSR count). The normalized spacial score (nSPS) is 14.2. The van der Waals surface area contributed by atoms with E-state index in [-0.39, 0.29) is 17.5 Å². The number of hydrogen-bond donors (Lipinski definition) is 1. The van der Waals surface area contributed by atoms with Crippen LogP contribution in [-0.2, 0) is 6.42 Å². The highest BCUT2D eigenvalue weighted by Gasteiger charge is 2.26. The second-order valence-corrected chi connectivity index (χ2v) is 7.35. The fraction of sp³-hybridized carbons (Fsp3) is 0.318. The molecule has 0 radical (unpaired) electrons. The smallest absolute Gasteiger partial charge is 0.178 e. The summed E-state index contributed by atoms with van der Waals surface area (Å²) in [6.45, 7) is 5.20. The van der Waals surface area contributed by atoms with Crippen molar-refractivity contribution < 1.29 is 13.5 Å². The third-order valence-electron chi connectivity index (χ3n) is 5.29. The second-order valence-electron chi connectivity index (χ2n) is 7.35. The highest BCUT2D eigenvalue weighted by molar-refractivity contribution is 5.72. The van der Waals surface area contributed by atoms with Gasteiger partial charge in [0.05, 0.1) is 36.7 Å². The number of hydrogen-bond acceptors (Lipinski definition) is 6. The van der Waals surface area contributed by atoms with Crippen LogP contribution in [0.25, 0.3) is 11.3 Å². The van der Waals surface area contributed by atoms with E-state index < -0.39 is 11.6 Å². The van der Waals surface area contributed by atoms with Crippen molar-refractivity contribution in [2.24, 2.45) is 0 Å². The first-order chi connectivity index (χ1) is 14.5. The third-order valence-corrected chi connectivity index (χ3v) is 5.29. The van der Waals surface area contributed by atoms with Crippen LogP contribution in [0.5, 0.6) is 5.75 Å². The topological polar surface area (TPSA) is 77.2 Å². The molecule has 0 spiro atoms. The zero-order valence-electron chi connectivity index (χ0n) is 16.9. The minimum absolute atomic E-state index is 0.0480. The molecule has 3 heterocycles. The van der Waals surface area contributed by atoms with Crippen LogP contribution in [0.1, 0.15) is 31.8 Å². The summed E-state index contributed by atoms with van der Waals surface area (Å²) in [5.74, 6) is -0.562. The number of aromatic nitrogens is 3. The Morgan fingerprint density at radius 1 is 1.17 bits per heavy atom. The fourth-order valence-electron chi connectivity index (χ4n) is 3.51. The van der Waals surface area contributed by atoms with E-state index in [1.165, 1.54) is 6.07 Å². The summed E-state index contributed by atoms with van der Waals surface area (Å²) < 4.78 is 35.0. The summed E-state index contributed by atoms with van der Waals surface area (Å²) in [6, 6.07) is 6.69. The predicted molar refractivity (Wildman–Crippen MR) is 111 cm³/mol. The quantitative estimate of drug-likeness (QED) is 0.684. The first-order valence-corrected chi connectivity index (χ1v) is 9.91. The van der Waals surface area contributed by atoms with Crippen LogP contribution in [0.4, 0.5) is 20.2 Å². The lowest BCUT2D eigenvalue weighted by molar-refractivity contribution is 0.285. The molecule has 0 amide bonds. The highest BCUT2D eigenvalue weighted by atomic mass is 19.1. The number of ether oxygens (including phenoxy) is 1. The van der Waals surface area contributed by atoms with Crippen molar-refractivity contribution in [2.45, 2.75) is 32.7 Å². The van der Waals surface area contributed by atoms with Crippen LogP contribution < -0.4 is 15.4 Å². The zero-order valence-corrected chi connectivity index (χ0v) is 16.9. The van der Waals surface area contributed by atoms with E-state index in [0.29, 0.717) is 48.0 Å². The maximum atomic E-state index is 14.8. The highest BCUT2D eigenvalue weighted by Crippen LogP contribution is 2.39. The number of pyridine rings is 1. The van der Waals surface area contributed by atoms with Gasteiger partial charge in [-0.15, -0.1) is 0 Å². The summed E-state index contributed by atoms with van der Waals surface area (Å²) in [5, 5.41) is 0. The average Bonchev–Trinajstić information content (AvgIpc) is 2.75. The number of nitrogen functional groups attached to an aromatic ring is 1. The van der Waals surface area contributed by atoms with Crippen molar-refractivity contribution in [2.75, 3.05) is 23.8 Å². The van der Waals surface area contributed by atoms with Crippen molar-refractivity contribution in [1.82, 2.24) is 15.0 Å². The molecule has 1 unspecified atom stereocenters. The van der Waals surface area contributed by atoms with E-state index in [4.69, 9.17) is 10.5 Å². The van der Waals surface area contributed by atoms with Gasteiger partial charge in [-0.3, -0.25) is 4.98 Å². The maximum Gasteiger partial charge on any atom is 0.178 e. The Balaban J connectivity index is 1.73. The molecule has 8 heteroatoms. The molecule has 1 aliphatic heterocycles. The van der Waals surface area contributed by atoms with Gasteiger partial charge < -0.3 is 15.4 Å². The van der Waals surface area contributed by atoms with Gasteiger partial charge in [-0.25, -0.2) is 18.7 Å². The molecule has 0 bridgehead atoms. The Morgan fingerprint density at radius 2 is 2.00 bits per heavy atom. The van der Waals surface area contributed by atoms with Crippen LogP contribution >= 0.6 is 0 Å². The maximum absolute atomic E-state index is 14.8. The van der Waals surface area contributed by atoms with Crippen molar-refractivity contribution in [3.05, 3.63) is 59.8 Å². The first-order valence-electron chi connectivity index (χ1n) is 9.91. The van der Waals surface area contributed by atoms with Crippen molar-refractivity contribution in [1.29, 1.82) is 0 Å². The van der Waals surface area contributed by atoms with Gasteiger partial charge in [0.1, 0.15) is 18.1 Å². The standard InChI is InChI=1S/C22H23F2N5O/c1-3-13(2)29-6-7-30-22-17(23)8-14(9-19(22)29)21-18(24)12-27-20(28-21)10-16-5-4-15(25)11-26-16/h4-5,8-9,11-13H,3,6-7,10,25H2,1-2H3. The van der Waals surface area contributed by atoms with Gasteiger partial charge >= 0.3 is 0 Å². The van der Waals surface area contributed by atoms with Gasteiger partial charge in [-0.05, 0) is 37.6 Å². The summed E-state index contributed by atoms with van der Waals surface area (Å²) >= 11 is 0. The van der Waals surface area contributed by atoms with E-state index in [0.717, 1.165) is 12.6 Å². The molecule has 0 fully saturated rings. The van der Waals surface area contributed by atoms with Gasteiger partial charge in [0.2, 0.25) is 0 Å². The van der Waals surface area contributed by atoms with Crippen molar-refractivity contribution in [3.63, 3.8) is 0 Å². The van der Waals surface area contributed by atoms with E-state index in [1.54, 1.807) is 24.4 Å². The van der Waals surface area contributed by atoms with Gasteiger partial charge in [-0.1, -0.05) is 6.92 Å². The number of benzene rings is 1. The van der Waals surface area contributed by atoms with E-state index >= 15 is 0 Å². The van der Waals surface area contributed by atoms with Gasteiger partial charge in [0.15, 0.2) is 17.4 Å².